The van der Waals surface area contributed by atoms with Gasteiger partial charge in [-0.3, -0.25) is 14.7 Å². The zero-order valence-electron chi connectivity index (χ0n) is 18.1. The number of rotatable bonds is 7. The molecule has 4 N–H and O–H groups in total. The standard InChI is InChI=1S/C23H23ClF2N4O3/c1-12(27-22(33)20(31)13-4-6-15(24)7-5-13)21(32)28-19-11-18(29-30-19)23(2,3)14-8-16(25)10-17(26)9-14/h4-12,20,31H,1-3H3,(H,27,33)(H2,28,29,30,32). The fraction of sp³-hybridized carbons (Fsp3) is 0.261. The largest absolute Gasteiger partial charge is 0.378 e. The highest BCUT2D eigenvalue weighted by Crippen LogP contribution is 2.32. The molecule has 0 fully saturated rings. The van der Waals surface area contributed by atoms with Crippen LogP contribution in [0.3, 0.4) is 0 Å². The highest BCUT2D eigenvalue weighted by Gasteiger charge is 2.28. The molecule has 10 heteroatoms. The summed E-state index contributed by atoms with van der Waals surface area (Å²) in [6.45, 7) is 4.96. The Hall–Kier alpha value is -3.30. The van der Waals surface area contributed by atoms with E-state index in [1.54, 1.807) is 26.0 Å². The van der Waals surface area contributed by atoms with Crippen molar-refractivity contribution in [3.8, 4) is 0 Å². The van der Waals surface area contributed by atoms with E-state index in [9.17, 15) is 23.5 Å². The van der Waals surface area contributed by atoms with Crippen molar-refractivity contribution in [2.75, 3.05) is 5.32 Å². The maximum atomic E-state index is 13.6. The molecule has 2 unspecified atom stereocenters. The van der Waals surface area contributed by atoms with E-state index in [0.717, 1.165) is 6.07 Å². The summed E-state index contributed by atoms with van der Waals surface area (Å²) in [5.74, 6) is -2.55. The molecule has 3 aromatic rings. The molecule has 1 aromatic heterocycles. The normalized spacial score (nSPS) is 13.3. The van der Waals surface area contributed by atoms with Crippen molar-refractivity contribution in [3.05, 3.63) is 82.0 Å². The van der Waals surface area contributed by atoms with Gasteiger partial charge in [-0.25, -0.2) is 8.78 Å². The maximum Gasteiger partial charge on any atom is 0.254 e. The summed E-state index contributed by atoms with van der Waals surface area (Å²) in [4.78, 5) is 24.8. The minimum Gasteiger partial charge on any atom is -0.378 e. The van der Waals surface area contributed by atoms with Crippen LogP contribution < -0.4 is 10.6 Å². The number of hydrogen-bond donors (Lipinski definition) is 4. The summed E-state index contributed by atoms with van der Waals surface area (Å²) in [6, 6.07) is 9.90. The second-order valence-corrected chi connectivity index (χ2v) is 8.56. The molecule has 0 radical (unpaired) electrons. The van der Waals surface area contributed by atoms with Crippen LogP contribution in [0.25, 0.3) is 0 Å². The van der Waals surface area contributed by atoms with E-state index in [2.05, 4.69) is 20.8 Å². The maximum absolute atomic E-state index is 13.6. The molecule has 33 heavy (non-hydrogen) atoms. The molecule has 3 rings (SSSR count). The first kappa shape index (κ1) is 24.3. The van der Waals surface area contributed by atoms with Crippen LogP contribution in [0.15, 0.2) is 48.5 Å². The minimum atomic E-state index is -1.47. The molecule has 0 aliphatic heterocycles. The summed E-state index contributed by atoms with van der Waals surface area (Å²) < 4.78 is 27.3. The highest BCUT2D eigenvalue weighted by atomic mass is 35.5. The number of carbonyl (C=O) groups excluding carboxylic acids is 2. The van der Waals surface area contributed by atoms with Gasteiger partial charge < -0.3 is 15.7 Å². The number of halogens is 3. The molecular weight excluding hydrogens is 454 g/mol. The number of amides is 2. The lowest BCUT2D eigenvalue weighted by molar-refractivity contribution is -0.132. The van der Waals surface area contributed by atoms with Crippen molar-refractivity contribution in [1.82, 2.24) is 15.5 Å². The number of aliphatic hydroxyl groups excluding tert-OH is 1. The van der Waals surface area contributed by atoms with Gasteiger partial charge in [-0.1, -0.05) is 37.6 Å². The number of aromatic amines is 1. The van der Waals surface area contributed by atoms with Crippen LogP contribution >= 0.6 is 11.6 Å². The molecular formula is C23H23ClF2N4O3. The predicted octanol–water partition coefficient (Wildman–Crippen LogP) is 3.84. The van der Waals surface area contributed by atoms with E-state index >= 15 is 0 Å². The van der Waals surface area contributed by atoms with Crippen LogP contribution in [0.1, 0.15) is 43.7 Å². The van der Waals surface area contributed by atoms with Crippen molar-refractivity contribution >= 4 is 29.2 Å². The van der Waals surface area contributed by atoms with Crippen LogP contribution in [0.4, 0.5) is 14.6 Å². The second-order valence-electron chi connectivity index (χ2n) is 8.12. The van der Waals surface area contributed by atoms with Gasteiger partial charge in [-0.2, -0.15) is 5.10 Å². The average Bonchev–Trinajstić information content (AvgIpc) is 3.22. The monoisotopic (exact) mass is 476 g/mol. The smallest absolute Gasteiger partial charge is 0.254 e. The van der Waals surface area contributed by atoms with Crippen LogP contribution in [0.2, 0.25) is 5.02 Å². The minimum absolute atomic E-state index is 0.166. The molecule has 174 valence electrons. The molecule has 0 saturated heterocycles. The van der Waals surface area contributed by atoms with Crippen molar-refractivity contribution in [2.24, 2.45) is 0 Å². The average molecular weight is 477 g/mol. The highest BCUT2D eigenvalue weighted by molar-refractivity contribution is 6.30. The number of nitrogens with zero attached hydrogens (tertiary/aromatic N) is 1. The van der Waals surface area contributed by atoms with Gasteiger partial charge in [-0.15, -0.1) is 0 Å². The van der Waals surface area contributed by atoms with E-state index in [0.29, 0.717) is 21.8 Å². The van der Waals surface area contributed by atoms with E-state index in [-0.39, 0.29) is 5.82 Å². The van der Waals surface area contributed by atoms with Gasteiger partial charge >= 0.3 is 0 Å². The van der Waals surface area contributed by atoms with E-state index in [1.165, 1.54) is 37.3 Å². The fourth-order valence-electron chi connectivity index (χ4n) is 3.16. The molecule has 1 heterocycles. The molecule has 7 nitrogen and oxygen atoms in total. The van der Waals surface area contributed by atoms with Gasteiger partial charge in [0.25, 0.3) is 5.91 Å². The van der Waals surface area contributed by atoms with Crippen molar-refractivity contribution < 1.29 is 23.5 Å². The first-order valence-corrected chi connectivity index (χ1v) is 10.4. The summed E-state index contributed by atoms with van der Waals surface area (Å²) in [5.41, 5.74) is 0.398. The van der Waals surface area contributed by atoms with Gasteiger partial charge in [0.1, 0.15) is 17.7 Å². The van der Waals surface area contributed by atoms with Crippen LogP contribution in [-0.2, 0) is 15.0 Å². The lowest BCUT2D eigenvalue weighted by Crippen LogP contribution is -2.43. The molecule has 0 spiro atoms. The second kappa shape index (κ2) is 9.68. The number of nitrogens with one attached hydrogen (secondary N) is 3. The Kier molecular flexibility index (Phi) is 7.14. The molecule has 0 aliphatic carbocycles. The predicted molar refractivity (Wildman–Crippen MR) is 120 cm³/mol. The number of carbonyl (C=O) groups is 2. The van der Waals surface area contributed by atoms with Crippen molar-refractivity contribution in [2.45, 2.75) is 38.3 Å². The first-order valence-electron chi connectivity index (χ1n) is 10.0. The van der Waals surface area contributed by atoms with Crippen LogP contribution in [0, 0.1) is 11.6 Å². The molecule has 0 aliphatic rings. The SMILES string of the molecule is CC(NC(=O)C(O)c1ccc(Cl)cc1)C(=O)Nc1cc(C(C)(C)c2cc(F)cc(F)c2)[nH]n1. The molecule has 2 aromatic carbocycles. The summed E-state index contributed by atoms with van der Waals surface area (Å²) >= 11 is 5.80. The van der Waals surface area contributed by atoms with Gasteiger partial charge in [-0.05, 0) is 42.3 Å². The Morgan fingerprint density at radius 3 is 2.27 bits per heavy atom. The zero-order valence-corrected chi connectivity index (χ0v) is 18.9. The Labute approximate surface area is 194 Å². The van der Waals surface area contributed by atoms with Gasteiger partial charge in [0.05, 0.1) is 0 Å². The molecule has 0 bridgehead atoms. The Morgan fingerprint density at radius 1 is 1.06 bits per heavy atom. The third-order valence-electron chi connectivity index (χ3n) is 5.27. The summed E-state index contributed by atoms with van der Waals surface area (Å²) in [7, 11) is 0. The first-order chi connectivity index (χ1) is 15.5. The molecule has 0 saturated carbocycles. The number of hydrogen-bond acceptors (Lipinski definition) is 4. The number of aliphatic hydroxyl groups is 1. The van der Waals surface area contributed by atoms with Gasteiger partial charge in [0.15, 0.2) is 11.9 Å². The van der Waals surface area contributed by atoms with E-state index in [1.807, 2.05) is 0 Å². The van der Waals surface area contributed by atoms with Gasteiger partial charge in [0.2, 0.25) is 5.91 Å². The van der Waals surface area contributed by atoms with E-state index < -0.39 is 41.0 Å². The number of anilines is 1. The lowest BCUT2D eigenvalue weighted by atomic mass is 9.81. The number of aromatic nitrogens is 2. The fourth-order valence-corrected chi connectivity index (χ4v) is 3.29. The molecule has 2 atom stereocenters. The third-order valence-corrected chi connectivity index (χ3v) is 5.52. The third kappa shape index (κ3) is 5.74. The van der Waals surface area contributed by atoms with Gasteiger partial charge in [0, 0.05) is 28.3 Å². The summed E-state index contributed by atoms with van der Waals surface area (Å²) in [5, 5.41) is 22.4. The van der Waals surface area contributed by atoms with Crippen molar-refractivity contribution in [3.63, 3.8) is 0 Å². The summed E-state index contributed by atoms with van der Waals surface area (Å²) in [6.07, 6.45) is -1.47. The number of H-pyrrole nitrogens is 1. The quantitative estimate of drug-likeness (QED) is 0.415. The van der Waals surface area contributed by atoms with Crippen molar-refractivity contribution in [1.29, 1.82) is 0 Å². The van der Waals surface area contributed by atoms with E-state index in [4.69, 9.17) is 11.6 Å². The zero-order chi connectivity index (χ0) is 24.3. The Balaban J connectivity index is 1.64. The Morgan fingerprint density at radius 2 is 1.67 bits per heavy atom. The van der Waals surface area contributed by atoms with Crippen LogP contribution in [-0.4, -0.2) is 33.2 Å². The van der Waals surface area contributed by atoms with Crippen LogP contribution in [0.5, 0.6) is 0 Å². The molecule has 2 amide bonds. The Bertz CT molecular complexity index is 1140. The lowest BCUT2D eigenvalue weighted by Gasteiger charge is -2.23. The number of benzene rings is 2. The topological polar surface area (TPSA) is 107 Å².